The standard InChI is InChI=1S/C14H19N5O2/c1-20-10(8-3-4-8)11-18-12(21-19-11)9-7-16-13(17-9)14(15)5-2-6-14/h7-8,10H,2-6,15H2,1H3,(H,16,17). The number of hydrogen-bond donors (Lipinski definition) is 2. The maximum Gasteiger partial charge on any atom is 0.276 e. The second-order valence-corrected chi connectivity index (χ2v) is 6.11. The molecule has 0 aliphatic heterocycles. The minimum absolute atomic E-state index is 0.0719. The van der Waals surface area contributed by atoms with Crippen molar-refractivity contribution >= 4 is 0 Å². The molecule has 2 heterocycles. The van der Waals surface area contributed by atoms with E-state index in [0.717, 1.165) is 37.9 Å². The summed E-state index contributed by atoms with van der Waals surface area (Å²) < 4.78 is 10.8. The molecule has 0 radical (unpaired) electrons. The number of aromatic nitrogens is 4. The maximum absolute atomic E-state index is 6.26. The molecular formula is C14H19N5O2. The minimum Gasteiger partial charge on any atom is -0.373 e. The van der Waals surface area contributed by atoms with Gasteiger partial charge in [-0.25, -0.2) is 4.98 Å². The summed E-state index contributed by atoms with van der Waals surface area (Å²) in [6.07, 6.45) is 7.02. The van der Waals surface area contributed by atoms with Gasteiger partial charge in [0.15, 0.2) is 0 Å². The summed E-state index contributed by atoms with van der Waals surface area (Å²) >= 11 is 0. The van der Waals surface area contributed by atoms with E-state index in [1.165, 1.54) is 0 Å². The number of methoxy groups -OCH3 is 1. The van der Waals surface area contributed by atoms with Crippen LogP contribution in [0.5, 0.6) is 0 Å². The number of nitrogens with zero attached hydrogens (tertiary/aromatic N) is 3. The van der Waals surface area contributed by atoms with Gasteiger partial charge in [0.25, 0.3) is 5.89 Å². The zero-order valence-electron chi connectivity index (χ0n) is 12.0. The van der Waals surface area contributed by atoms with Crippen molar-refractivity contribution in [3.05, 3.63) is 17.8 Å². The Morgan fingerprint density at radius 3 is 2.90 bits per heavy atom. The molecule has 1 atom stereocenters. The summed E-state index contributed by atoms with van der Waals surface area (Å²) in [4.78, 5) is 12.0. The van der Waals surface area contributed by atoms with Crippen molar-refractivity contribution in [1.29, 1.82) is 0 Å². The lowest BCUT2D eigenvalue weighted by atomic mass is 9.77. The Labute approximate surface area is 122 Å². The van der Waals surface area contributed by atoms with Crippen molar-refractivity contribution < 1.29 is 9.26 Å². The van der Waals surface area contributed by atoms with Crippen LogP contribution in [0.4, 0.5) is 0 Å². The van der Waals surface area contributed by atoms with E-state index in [2.05, 4.69) is 20.1 Å². The Bertz CT molecular complexity index is 641. The maximum atomic E-state index is 6.26. The Morgan fingerprint density at radius 1 is 1.48 bits per heavy atom. The first-order chi connectivity index (χ1) is 10.2. The molecule has 7 nitrogen and oxygen atoms in total. The lowest BCUT2D eigenvalue weighted by molar-refractivity contribution is 0.0751. The van der Waals surface area contributed by atoms with Gasteiger partial charge < -0.3 is 20.0 Å². The van der Waals surface area contributed by atoms with E-state index in [0.29, 0.717) is 23.3 Å². The summed E-state index contributed by atoms with van der Waals surface area (Å²) in [7, 11) is 1.68. The highest BCUT2D eigenvalue weighted by atomic mass is 16.5. The molecule has 3 N–H and O–H groups in total. The minimum atomic E-state index is -0.315. The van der Waals surface area contributed by atoms with Crippen LogP contribution in [0.25, 0.3) is 11.6 Å². The number of hydrogen-bond acceptors (Lipinski definition) is 6. The van der Waals surface area contributed by atoms with Crippen LogP contribution in [0.2, 0.25) is 0 Å². The number of imidazole rings is 1. The van der Waals surface area contributed by atoms with Crippen molar-refractivity contribution in [3.8, 4) is 11.6 Å². The number of H-pyrrole nitrogens is 1. The molecule has 2 aromatic heterocycles. The van der Waals surface area contributed by atoms with Gasteiger partial charge in [0.1, 0.15) is 17.6 Å². The highest BCUT2D eigenvalue weighted by Crippen LogP contribution is 2.42. The molecule has 2 aliphatic carbocycles. The monoisotopic (exact) mass is 289 g/mol. The average molecular weight is 289 g/mol. The summed E-state index contributed by atoms with van der Waals surface area (Å²) in [5.74, 6) is 2.36. The Kier molecular flexibility index (Phi) is 2.87. The summed E-state index contributed by atoms with van der Waals surface area (Å²) in [6, 6.07) is 0. The fraction of sp³-hybridized carbons (Fsp3) is 0.643. The number of ether oxygens (including phenoxy) is 1. The van der Waals surface area contributed by atoms with Crippen molar-refractivity contribution in [3.63, 3.8) is 0 Å². The number of rotatable bonds is 5. The van der Waals surface area contributed by atoms with E-state index in [1.807, 2.05) is 0 Å². The Hall–Kier alpha value is -1.73. The number of nitrogens with one attached hydrogen (secondary N) is 1. The summed E-state index contributed by atoms with van der Waals surface area (Å²) in [5.41, 5.74) is 6.66. The van der Waals surface area contributed by atoms with E-state index in [-0.39, 0.29) is 11.6 Å². The lowest BCUT2D eigenvalue weighted by Crippen LogP contribution is -2.44. The quantitative estimate of drug-likeness (QED) is 0.871. The van der Waals surface area contributed by atoms with Crippen LogP contribution in [0.15, 0.2) is 10.7 Å². The van der Waals surface area contributed by atoms with Crippen molar-refractivity contribution in [1.82, 2.24) is 20.1 Å². The first-order valence-electron chi connectivity index (χ1n) is 7.41. The molecule has 0 saturated heterocycles. The van der Waals surface area contributed by atoms with Crippen molar-refractivity contribution in [2.75, 3.05) is 7.11 Å². The molecular weight excluding hydrogens is 270 g/mol. The van der Waals surface area contributed by atoms with Gasteiger partial charge in [-0.05, 0) is 38.0 Å². The van der Waals surface area contributed by atoms with Crippen LogP contribution < -0.4 is 5.73 Å². The number of nitrogens with two attached hydrogens (primary N) is 1. The van der Waals surface area contributed by atoms with Gasteiger partial charge in [-0.3, -0.25) is 0 Å². The predicted molar refractivity (Wildman–Crippen MR) is 74.1 cm³/mol. The molecule has 0 spiro atoms. The molecule has 0 aromatic carbocycles. The van der Waals surface area contributed by atoms with E-state index < -0.39 is 0 Å². The smallest absolute Gasteiger partial charge is 0.276 e. The van der Waals surface area contributed by atoms with E-state index >= 15 is 0 Å². The van der Waals surface area contributed by atoms with Gasteiger partial charge >= 0.3 is 0 Å². The molecule has 21 heavy (non-hydrogen) atoms. The van der Waals surface area contributed by atoms with Crippen LogP contribution in [-0.2, 0) is 10.3 Å². The highest BCUT2D eigenvalue weighted by molar-refractivity contribution is 5.45. The van der Waals surface area contributed by atoms with Gasteiger partial charge in [-0.15, -0.1) is 0 Å². The average Bonchev–Trinajstić information content (AvgIpc) is 2.98. The second kappa shape index (κ2) is 4.64. The Balaban J connectivity index is 1.58. The Morgan fingerprint density at radius 2 is 2.29 bits per heavy atom. The topological polar surface area (TPSA) is 103 Å². The molecule has 0 bridgehead atoms. The van der Waals surface area contributed by atoms with E-state index in [9.17, 15) is 0 Å². The molecule has 2 saturated carbocycles. The largest absolute Gasteiger partial charge is 0.373 e. The van der Waals surface area contributed by atoms with Gasteiger partial charge in [0, 0.05) is 7.11 Å². The predicted octanol–water partition coefficient (Wildman–Crippen LogP) is 1.90. The SMILES string of the molecule is COC(c1noc(-c2cnc(C3(N)CCC3)[nH]2)n1)C1CC1. The third kappa shape index (κ3) is 2.16. The van der Waals surface area contributed by atoms with E-state index in [4.69, 9.17) is 15.0 Å². The summed E-state index contributed by atoms with van der Waals surface area (Å²) in [5, 5.41) is 4.04. The van der Waals surface area contributed by atoms with Crippen LogP contribution in [-0.4, -0.2) is 27.2 Å². The molecule has 4 rings (SSSR count). The van der Waals surface area contributed by atoms with Crippen molar-refractivity contribution in [2.24, 2.45) is 11.7 Å². The number of aromatic amines is 1. The fourth-order valence-corrected chi connectivity index (χ4v) is 2.84. The first-order valence-corrected chi connectivity index (χ1v) is 7.41. The van der Waals surface area contributed by atoms with Crippen LogP contribution >= 0.6 is 0 Å². The lowest BCUT2D eigenvalue weighted by Gasteiger charge is -2.35. The molecule has 7 heteroatoms. The zero-order chi connectivity index (χ0) is 14.4. The zero-order valence-corrected chi connectivity index (χ0v) is 12.0. The normalized spacial score (nSPS) is 22.0. The molecule has 2 aliphatic rings. The summed E-state index contributed by atoms with van der Waals surface area (Å²) in [6.45, 7) is 0. The van der Waals surface area contributed by atoms with Gasteiger partial charge in [0.2, 0.25) is 5.82 Å². The highest BCUT2D eigenvalue weighted by Gasteiger charge is 2.38. The molecule has 1 unspecified atom stereocenters. The van der Waals surface area contributed by atoms with Crippen LogP contribution in [0.3, 0.4) is 0 Å². The first kappa shape index (κ1) is 13.0. The molecule has 0 amide bonds. The fourth-order valence-electron chi connectivity index (χ4n) is 2.84. The molecule has 2 aromatic rings. The second-order valence-electron chi connectivity index (χ2n) is 6.11. The third-order valence-electron chi connectivity index (χ3n) is 4.52. The molecule has 2 fully saturated rings. The molecule has 112 valence electrons. The van der Waals surface area contributed by atoms with Crippen molar-refractivity contribution in [2.45, 2.75) is 43.7 Å². The van der Waals surface area contributed by atoms with E-state index in [1.54, 1.807) is 13.3 Å². The van der Waals surface area contributed by atoms with Gasteiger partial charge in [-0.2, -0.15) is 4.98 Å². The van der Waals surface area contributed by atoms with Gasteiger partial charge in [-0.1, -0.05) is 5.16 Å². The van der Waals surface area contributed by atoms with Crippen LogP contribution in [0.1, 0.15) is 49.9 Å². The van der Waals surface area contributed by atoms with Gasteiger partial charge in [0.05, 0.1) is 11.7 Å². The van der Waals surface area contributed by atoms with Crippen LogP contribution in [0, 0.1) is 5.92 Å². The third-order valence-corrected chi connectivity index (χ3v) is 4.52.